The molecule has 3 aliphatic heterocycles. The molecule has 1 unspecified atom stereocenters. The Balaban J connectivity index is 1.06. The number of methoxy groups -OCH3 is 2. The Hall–Kier alpha value is -5.43. The highest BCUT2D eigenvalue weighted by Gasteiger charge is 2.41. The molecule has 8 rings (SSSR count). The van der Waals surface area contributed by atoms with E-state index in [1.807, 2.05) is 42.8 Å². The molecule has 0 spiro atoms. The maximum atomic E-state index is 13.7. The van der Waals surface area contributed by atoms with Gasteiger partial charge in [-0.1, -0.05) is 45.9 Å². The van der Waals surface area contributed by atoms with Gasteiger partial charge in [0.1, 0.15) is 30.0 Å². The van der Waals surface area contributed by atoms with Gasteiger partial charge in [-0.05, 0) is 84.9 Å². The van der Waals surface area contributed by atoms with Crippen molar-refractivity contribution in [2.75, 3.05) is 27.4 Å². The Kier molecular flexibility index (Phi) is 10.4. The van der Waals surface area contributed by atoms with Crippen LogP contribution in [0.1, 0.15) is 89.6 Å². The smallest absolute Gasteiger partial charge is 0.407 e. The summed E-state index contributed by atoms with van der Waals surface area (Å²) in [4.78, 5) is 60.1. The predicted molar refractivity (Wildman–Crippen MR) is 217 cm³/mol. The van der Waals surface area contributed by atoms with Crippen molar-refractivity contribution in [2.45, 2.75) is 91.1 Å². The van der Waals surface area contributed by atoms with Gasteiger partial charge in [0, 0.05) is 42.5 Å². The molecule has 0 saturated carbocycles. The molecule has 3 aromatic carbocycles. The molecule has 2 fully saturated rings. The van der Waals surface area contributed by atoms with Crippen molar-refractivity contribution >= 4 is 39.7 Å². The summed E-state index contributed by atoms with van der Waals surface area (Å²) < 4.78 is 16.7. The lowest BCUT2D eigenvalue weighted by Crippen LogP contribution is -2.50. The minimum atomic E-state index is -0.682. The van der Waals surface area contributed by atoms with Crippen LogP contribution in [0.25, 0.3) is 44.2 Å². The highest BCUT2D eigenvalue weighted by molar-refractivity contribution is 6.07. The van der Waals surface area contributed by atoms with Gasteiger partial charge in [0.15, 0.2) is 0 Å². The minimum absolute atomic E-state index is 0.00191. The molecule has 2 saturated heterocycles. The number of carbonyl (C=O) groups excluding carboxylic acids is 3. The molecular weight excluding hydrogens is 723 g/mol. The quantitative estimate of drug-likeness (QED) is 0.131. The fourth-order valence-electron chi connectivity index (χ4n) is 8.96. The summed E-state index contributed by atoms with van der Waals surface area (Å²) in [6.45, 7) is 11.8. The van der Waals surface area contributed by atoms with Crippen molar-refractivity contribution in [3.05, 3.63) is 65.9 Å². The molecule has 13 heteroatoms. The number of fused-ring (bicyclic) bond motifs is 6. The first-order valence-electron chi connectivity index (χ1n) is 20.2. The van der Waals surface area contributed by atoms with Crippen LogP contribution in [-0.4, -0.2) is 87.1 Å². The molecule has 0 radical (unpaired) electrons. The molecule has 5 heterocycles. The highest BCUT2D eigenvalue weighted by atomic mass is 16.5. The van der Waals surface area contributed by atoms with E-state index in [-0.39, 0.29) is 47.7 Å². The first kappa shape index (κ1) is 38.4. The third kappa shape index (κ3) is 7.00. The number of imidazole rings is 2. The zero-order chi connectivity index (χ0) is 40.1. The van der Waals surface area contributed by atoms with E-state index in [2.05, 4.69) is 65.5 Å². The van der Waals surface area contributed by atoms with Crippen LogP contribution >= 0.6 is 0 Å². The lowest BCUT2D eigenvalue weighted by atomic mass is 9.92. The summed E-state index contributed by atoms with van der Waals surface area (Å²) in [6, 6.07) is 13.7. The van der Waals surface area contributed by atoms with Gasteiger partial charge >= 0.3 is 6.09 Å². The molecule has 0 bridgehead atoms. The summed E-state index contributed by atoms with van der Waals surface area (Å²) in [6.07, 6.45) is 4.10. The maximum absolute atomic E-state index is 13.7. The van der Waals surface area contributed by atoms with Gasteiger partial charge in [0.2, 0.25) is 11.8 Å². The van der Waals surface area contributed by atoms with Crippen LogP contribution in [0.15, 0.2) is 48.7 Å². The minimum Gasteiger partial charge on any atom is -0.488 e. The number of hydrogen-bond donors (Lipinski definition) is 3. The second kappa shape index (κ2) is 15.5. The fourth-order valence-corrected chi connectivity index (χ4v) is 8.96. The second-order valence-electron chi connectivity index (χ2n) is 16.4. The molecule has 3 aliphatic rings. The normalized spacial score (nSPS) is 21.4. The number of aromatic amines is 2. The lowest BCUT2D eigenvalue weighted by Gasteiger charge is -2.31. The first-order chi connectivity index (χ1) is 27.5. The average Bonchev–Trinajstić information content (AvgIpc) is 4.04. The van der Waals surface area contributed by atoms with Gasteiger partial charge in [0.05, 0.1) is 48.7 Å². The Morgan fingerprint density at radius 3 is 2.56 bits per heavy atom. The highest BCUT2D eigenvalue weighted by Crippen LogP contribution is 2.44. The van der Waals surface area contributed by atoms with Crippen molar-refractivity contribution in [1.82, 2.24) is 35.1 Å². The third-order valence-electron chi connectivity index (χ3n) is 12.5. The molecule has 0 aliphatic carbocycles. The first-order valence-corrected chi connectivity index (χ1v) is 20.2. The van der Waals surface area contributed by atoms with E-state index < -0.39 is 12.1 Å². The largest absolute Gasteiger partial charge is 0.488 e. The number of nitrogens with one attached hydrogen (secondary N) is 3. The van der Waals surface area contributed by atoms with E-state index in [0.29, 0.717) is 26.2 Å². The molecule has 300 valence electrons. The summed E-state index contributed by atoms with van der Waals surface area (Å²) in [5.41, 5.74) is 6.83. The van der Waals surface area contributed by atoms with E-state index in [9.17, 15) is 14.4 Å². The number of alkyl carbamates (subject to hydrolysis) is 1. The number of benzene rings is 3. The van der Waals surface area contributed by atoms with Gasteiger partial charge in [-0.2, -0.15) is 0 Å². The fraction of sp³-hybridized carbons (Fsp3) is 0.477. The number of amides is 3. The zero-order valence-electron chi connectivity index (χ0n) is 33.8. The Bertz CT molecular complexity index is 2330. The van der Waals surface area contributed by atoms with Crippen LogP contribution in [0.2, 0.25) is 0 Å². The van der Waals surface area contributed by atoms with Crippen LogP contribution in [0, 0.1) is 17.8 Å². The number of hydrogen-bond acceptors (Lipinski definition) is 8. The summed E-state index contributed by atoms with van der Waals surface area (Å²) in [5, 5.41) is 4.73. The number of rotatable bonds is 10. The number of likely N-dealkylation sites (tertiary alicyclic amines) is 2. The molecule has 3 amide bonds. The van der Waals surface area contributed by atoms with Gasteiger partial charge in [-0.25, -0.2) is 14.8 Å². The van der Waals surface area contributed by atoms with Gasteiger partial charge in [0.25, 0.3) is 0 Å². The number of carbonyl (C=O) groups is 3. The number of aromatic nitrogens is 4. The third-order valence-corrected chi connectivity index (χ3v) is 12.5. The van der Waals surface area contributed by atoms with Gasteiger partial charge in [-0.15, -0.1) is 0 Å². The molecule has 2 aromatic heterocycles. The zero-order valence-corrected chi connectivity index (χ0v) is 33.8. The van der Waals surface area contributed by atoms with Gasteiger partial charge < -0.3 is 39.3 Å². The number of H-pyrrole nitrogens is 2. The lowest BCUT2D eigenvalue weighted by molar-refractivity contribution is -0.138. The molecule has 3 N–H and O–H groups in total. The average molecular weight is 776 g/mol. The van der Waals surface area contributed by atoms with Crippen molar-refractivity contribution < 1.29 is 28.6 Å². The van der Waals surface area contributed by atoms with E-state index in [0.717, 1.165) is 86.4 Å². The van der Waals surface area contributed by atoms with Gasteiger partial charge in [-0.3, -0.25) is 9.59 Å². The van der Waals surface area contributed by atoms with Crippen LogP contribution in [0.5, 0.6) is 5.75 Å². The number of nitrogens with zero attached hydrogens (tertiary/aromatic N) is 4. The van der Waals surface area contributed by atoms with Crippen molar-refractivity contribution in [1.29, 1.82) is 0 Å². The topological polar surface area (TPSA) is 155 Å². The molecule has 57 heavy (non-hydrogen) atoms. The molecule has 5 aromatic rings. The van der Waals surface area contributed by atoms with E-state index >= 15 is 0 Å². The standard InChI is InChI=1S/C44H53N7O6/c1-8-33(48-44(54)56-7)43(53)51-24(4)9-14-36(51)41-46-34-13-11-27-17-32-30-12-10-28(16-29(30)22-57-38(32)18-31(27)39(34)49-41)35-19-45-40(47-35)37-15-26(21-55-6)20-50(37)42(52)25(5)23(2)3/h10-13,16-19,23-26,33,36-37H,8-9,14-15,20-22H2,1-7H3,(H,45,47)(H,46,49)(H,48,54)/t24-,25-,26?,33-,36-,37-/m0/s1. The van der Waals surface area contributed by atoms with Crippen LogP contribution in [0.3, 0.4) is 0 Å². The second-order valence-corrected chi connectivity index (χ2v) is 16.4. The van der Waals surface area contributed by atoms with Crippen molar-refractivity contribution in [2.24, 2.45) is 17.8 Å². The molecular formula is C44H53N7O6. The SMILES string of the molecule is CC[C@H](NC(=O)OC)C(=O)N1[C@@H](C)CC[C@H]1c1nc2ccc3cc4c(cc3c2[nH]1)OCc1cc(-c2cnc([C@@H]3CC(COC)CN3C(=O)[C@@H](C)C(C)C)[nH]2)ccc1-4. The van der Waals surface area contributed by atoms with Crippen LogP contribution in [-0.2, 0) is 25.7 Å². The summed E-state index contributed by atoms with van der Waals surface area (Å²) in [7, 11) is 3.01. The Labute approximate surface area is 332 Å². The van der Waals surface area contributed by atoms with Crippen LogP contribution < -0.4 is 10.1 Å². The maximum Gasteiger partial charge on any atom is 0.407 e. The van der Waals surface area contributed by atoms with E-state index in [1.165, 1.54) is 7.11 Å². The molecule has 13 nitrogen and oxygen atoms in total. The van der Waals surface area contributed by atoms with E-state index in [4.69, 9.17) is 24.2 Å². The summed E-state index contributed by atoms with van der Waals surface area (Å²) in [5.74, 6) is 2.79. The Morgan fingerprint density at radius 2 is 1.81 bits per heavy atom. The predicted octanol–water partition coefficient (Wildman–Crippen LogP) is 7.68. The van der Waals surface area contributed by atoms with Crippen molar-refractivity contribution in [3.8, 4) is 28.1 Å². The van der Waals surface area contributed by atoms with Crippen molar-refractivity contribution in [3.63, 3.8) is 0 Å². The van der Waals surface area contributed by atoms with E-state index in [1.54, 1.807) is 7.11 Å². The summed E-state index contributed by atoms with van der Waals surface area (Å²) >= 11 is 0. The monoisotopic (exact) mass is 775 g/mol. The van der Waals surface area contributed by atoms with Crippen LogP contribution in [0.4, 0.5) is 4.79 Å². The molecule has 6 atom stereocenters. The number of ether oxygens (including phenoxy) is 3. The Morgan fingerprint density at radius 1 is 0.982 bits per heavy atom.